The van der Waals surface area contributed by atoms with Crippen molar-refractivity contribution in [3.05, 3.63) is 41.9 Å². The van der Waals surface area contributed by atoms with Gasteiger partial charge in [0.05, 0.1) is 24.4 Å². The highest BCUT2D eigenvalue weighted by atomic mass is 16.5. The summed E-state index contributed by atoms with van der Waals surface area (Å²) in [4.78, 5) is 7.00. The van der Waals surface area contributed by atoms with Crippen molar-refractivity contribution in [2.24, 2.45) is 0 Å². The van der Waals surface area contributed by atoms with Gasteiger partial charge in [-0.3, -0.25) is 0 Å². The van der Waals surface area contributed by atoms with E-state index in [1.807, 2.05) is 18.2 Å². The van der Waals surface area contributed by atoms with Crippen molar-refractivity contribution in [2.45, 2.75) is 32.4 Å². The molecular weight excluding hydrogens is 302 g/mol. The summed E-state index contributed by atoms with van der Waals surface area (Å²) in [5.41, 5.74) is 2.09. The molecule has 1 aromatic carbocycles. The first kappa shape index (κ1) is 17.1. The quantitative estimate of drug-likeness (QED) is 0.883. The molecule has 5 heteroatoms. The lowest BCUT2D eigenvalue weighted by molar-refractivity contribution is -0.0193. The zero-order chi connectivity index (χ0) is 16.9. The van der Waals surface area contributed by atoms with Crippen LogP contribution in [0.2, 0.25) is 0 Å². The minimum absolute atomic E-state index is 0.0589. The highest BCUT2D eigenvalue weighted by molar-refractivity contribution is 5.59. The monoisotopic (exact) mass is 329 g/mol. The maximum atomic E-state index is 6.09. The van der Waals surface area contributed by atoms with Gasteiger partial charge < -0.3 is 19.4 Å². The molecule has 5 nitrogen and oxygen atoms in total. The Kier molecular flexibility index (Phi) is 5.66. The topological polar surface area (TPSA) is 50.5 Å². The van der Waals surface area contributed by atoms with Gasteiger partial charge in [0.25, 0.3) is 0 Å². The Bertz CT molecular complexity index is 641. The molecule has 2 aromatic rings. The standard InChI is InChI=1S/C19H27N3O2/c1-4-17-18(15-8-6-5-7-9-15)24-19(21-17)14(2)20-12-16-13-22(3)10-11-23-16/h5-9,14,16,20H,4,10-13H2,1-3H3/t14-,16+/m0/s1. The number of morpholine rings is 1. The summed E-state index contributed by atoms with van der Waals surface area (Å²) in [6, 6.07) is 10.2. The number of oxazole rings is 1. The second-order valence-corrected chi connectivity index (χ2v) is 6.43. The third kappa shape index (κ3) is 4.04. The van der Waals surface area contributed by atoms with Gasteiger partial charge in [-0.2, -0.15) is 0 Å². The molecule has 1 aliphatic rings. The Balaban J connectivity index is 1.67. The van der Waals surface area contributed by atoms with E-state index in [0.717, 1.165) is 55.6 Å². The fourth-order valence-corrected chi connectivity index (χ4v) is 3.00. The number of nitrogens with one attached hydrogen (secondary N) is 1. The van der Waals surface area contributed by atoms with E-state index in [0.29, 0.717) is 0 Å². The number of ether oxygens (including phenoxy) is 1. The lowest BCUT2D eigenvalue weighted by Crippen LogP contribution is -2.45. The van der Waals surface area contributed by atoms with E-state index in [1.165, 1.54) is 0 Å². The molecule has 0 bridgehead atoms. The largest absolute Gasteiger partial charge is 0.439 e. The number of hydrogen-bond donors (Lipinski definition) is 1. The predicted octanol–water partition coefficient (Wildman–Crippen LogP) is 2.89. The molecule has 1 N–H and O–H groups in total. The van der Waals surface area contributed by atoms with Gasteiger partial charge in [0.2, 0.25) is 5.89 Å². The number of rotatable bonds is 6. The van der Waals surface area contributed by atoms with Crippen LogP contribution in [0.4, 0.5) is 0 Å². The van der Waals surface area contributed by atoms with Gasteiger partial charge in [0.15, 0.2) is 5.76 Å². The van der Waals surface area contributed by atoms with Crippen LogP contribution < -0.4 is 5.32 Å². The van der Waals surface area contributed by atoms with Gasteiger partial charge in [-0.25, -0.2) is 4.98 Å². The summed E-state index contributed by atoms with van der Waals surface area (Å²) in [5, 5.41) is 3.50. The fourth-order valence-electron chi connectivity index (χ4n) is 3.00. The molecular formula is C19H27N3O2. The average Bonchev–Trinajstić information content (AvgIpc) is 3.05. The molecule has 0 amide bonds. The third-order valence-corrected chi connectivity index (χ3v) is 4.45. The molecule has 1 aliphatic heterocycles. The SMILES string of the molecule is CCc1nc([C@H](C)NC[C@@H]2CN(C)CCO2)oc1-c1ccccc1. The Morgan fingerprint density at radius 3 is 2.83 bits per heavy atom. The third-order valence-electron chi connectivity index (χ3n) is 4.45. The Labute approximate surface area is 144 Å². The van der Waals surface area contributed by atoms with Gasteiger partial charge >= 0.3 is 0 Å². The van der Waals surface area contributed by atoms with E-state index in [-0.39, 0.29) is 12.1 Å². The molecule has 130 valence electrons. The van der Waals surface area contributed by atoms with Crippen LogP contribution in [0.1, 0.15) is 31.5 Å². The van der Waals surface area contributed by atoms with E-state index in [1.54, 1.807) is 0 Å². The summed E-state index contributed by atoms with van der Waals surface area (Å²) in [7, 11) is 2.13. The Morgan fingerprint density at radius 2 is 2.12 bits per heavy atom. The van der Waals surface area contributed by atoms with Crippen molar-refractivity contribution < 1.29 is 9.15 Å². The molecule has 1 fully saturated rings. The van der Waals surface area contributed by atoms with Crippen LogP contribution in [0.25, 0.3) is 11.3 Å². The van der Waals surface area contributed by atoms with Crippen LogP contribution in [0.5, 0.6) is 0 Å². The zero-order valence-corrected chi connectivity index (χ0v) is 14.8. The van der Waals surface area contributed by atoms with E-state index in [4.69, 9.17) is 14.1 Å². The molecule has 1 aromatic heterocycles. The first-order valence-corrected chi connectivity index (χ1v) is 8.76. The molecule has 24 heavy (non-hydrogen) atoms. The van der Waals surface area contributed by atoms with Gasteiger partial charge in [-0.05, 0) is 20.4 Å². The summed E-state index contributed by atoms with van der Waals surface area (Å²) >= 11 is 0. The average molecular weight is 329 g/mol. The van der Waals surface area contributed by atoms with Crippen molar-refractivity contribution >= 4 is 0 Å². The second-order valence-electron chi connectivity index (χ2n) is 6.43. The molecule has 1 saturated heterocycles. The van der Waals surface area contributed by atoms with Crippen molar-refractivity contribution in [1.82, 2.24) is 15.2 Å². The number of aromatic nitrogens is 1. The highest BCUT2D eigenvalue weighted by Gasteiger charge is 2.21. The van der Waals surface area contributed by atoms with Crippen LogP contribution in [-0.2, 0) is 11.2 Å². The van der Waals surface area contributed by atoms with Crippen LogP contribution in [0.15, 0.2) is 34.7 Å². The Hall–Kier alpha value is -1.69. The lowest BCUT2D eigenvalue weighted by atomic mass is 10.1. The van der Waals surface area contributed by atoms with E-state index < -0.39 is 0 Å². The van der Waals surface area contributed by atoms with E-state index in [2.05, 4.69) is 43.2 Å². The minimum Gasteiger partial charge on any atom is -0.439 e. The number of nitrogens with zero attached hydrogens (tertiary/aromatic N) is 2. The van der Waals surface area contributed by atoms with Gasteiger partial charge in [0, 0.05) is 25.2 Å². The summed E-state index contributed by atoms with van der Waals surface area (Å²) in [6.45, 7) is 7.77. The zero-order valence-electron chi connectivity index (χ0n) is 14.8. The van der Waals surface area contributed by atoms with Crippen LogP contribution in [0.3, 0.4) is 0 Å². The Morgan fingerprint density at radius 1 is 1.33 bits per heavy atom. The first-order chi connectivity index (χ1) is 11.7. The molecule has 0 aliphatic carbocycles. The first-order valence-electron chi connectivity index (χ1n) is 8.76. The molecule has 2 atom stereocenters. The summed E-state index contributed by atoms with van der Waals surface area (Å²) in [6.07, 6.45) is 1.08. The maximum absolute atomic E-state index is 6.09. The normalized spacial score (nSPS) is 20.2. The number of aryl methyl sites for hydroxylation is 1. The second kappa shape index (κ2) is 7.92. The molecule has 0 radical (unpaired) electrons. The van der Waals surface area contributed by atoms with Crippen LogP contribution in [-0.4, -0.2) is 49.3 Å². The van der Waals surface area contributed by atoms with Crippen molar-refractivity contribution in [3.8, 4) is 11.3 Å². The summed E-state index contributed by atoms with van der Waals surface area (Å²) in [5.74, 6) is 1.63. The lowest BCUT2D eigenvalue weighted by Gasteiger charge is -2.30. The van der Waals surface area contributed by atoms with Crippen molar-refractivity contribution in [1.29, 1.82) is 0 Å². The molecule has 0 spiro atoms. The van der Waals surface area contributed by atoms with Gasteiger partial charge in [0.1, 0.15) is 0 Å². The van der Waals surface area contributed by atoms with Crippen LogP contribution >= 0.6 is 0 Å². The van der Waals surface area contributed by atoms with Crippen molar-refractivity contribution in [2.75, 3.05) is 33.3 Å². The van der Waals surface area contributed by atoms with Gasteiger partial charge in [-0.15, -0.1) is 0 Å². The predicted molar refractivity (Wildman–Crippen MR) is 95.0 cm³/mol. The summed E-state index contributed by atoms with van der Waals surface area (Å²) < 4.78 is 11.9. The molecule has 3 rings (SSSR count). The highest BCUT2D eigenvalue weighted by Crippen LogP contribution is 2.27. The minimum atomic E-state index is 0.0589. The molecule has 2 heterocycles. The van der Waals surface area contributed by atoms with Crippen molar-refractivity contribution in [3.63, 3.8) is 0 Å². The number of benzene rings is 1. The maximum Gasteiger partial charge on any atom is 0.212 e. The number of hydrogen-bond acceptors (Lipinski definition) is 5. The van der Waals surface area contributed by atoms with Gasteiger partial charge in [-0.1, -0.05) is 37.3 Å². The molecule has 0 unspecified atom stereocenters. The smallest absolute Gasteiger partial charge is 0.212 e. The number of likely N-dealkylation sites (N-methyl/N-ethyl adjacent to an activating group) is 1. The van der Waals surface area contributed by atoms with Crippen LogP contribution in [0, 0.1) is 0 Å². The molecule has 0 saturated carbocycles. The fraction of sp³-hybridized carbons (Fsp3) is 0.526. The van der Waals surface area contributed by atoms with E-state index in [9.17, 15) is 0 Å². The van der Waals surface area contributed by atoms with E-state index >= 15 is 0 Å².